The maximum atomic E-state index is 10.4. The van der Waals surface area contributed by atoms with Crippen LogP contribution in [-0.2, 0) is 0 Å². The molecule has 0 bridgehead atoms. The number of hydrogen-bond donors (Lipinski definition) is 2. The van der Waals surface area contributed by atoms with Crippen LogP contribution >= 0.6 is 0 Å². The van der Waals surface area contributed by atoms with Crippen molar-refractivity contribution in [2.45, 2.75) is 25.4 Å². The Labute approximate surface area is 114 Å². The summed E-state index contributed by atoms with van der Waals surface area (Å²) in [7, 11) is 0. The first-order valence-electron chi connectivity index (χ1n) is 6.66. The number of benzene rings is 1. The zero-order valence-electron chi connectivity index (χ0n) is 11.2. The molecule has 3 heteroatoms. The fraction of sp³-hybridized carbons (Fsp3) is 0.438. The zero-order valence-corrected chi connectivity index (χ0v) is 11.2. The Balaban J connectivity index is 2.07. The number of hydrogen-bond acceptors (Lipinski definition) is 3. The molecule has 1 aromatic carbocycles. The second-order valence-corrected chi connectivity index (χ2v) is 5.47. The Bertz CT molecular complexity index is 455. The Morgan fingerprint density at radius 3 is 2.63 bits per heavy atom. The first kappa shape index (κ1) is 14.0. The molecule has 2 N–H and O–H groups in total. The maximum Gasteiger partial charge on any atom is 0.0639 e. The van der Waals surface area contributed by atoms with E-state index in [2.05, 4.69) is 18.0 Å². The van der Waals surface area contributed by atoms with E-state index in [1.807, 2.05) is 36.4 Å². The average Bonchev–Trinajstić information content (AvgIpc) is 2.41. The van der Waals surface area contributed by atoms with Crippen molar-refractivity contribution in [1.82, 2.24) is 0 Å². The fourth-order valence-corrected chi connectivity index (χ4v) is 2.55. The highest BCUT2D eigenvalue weighted by molar-refractivity contribution is 5.72. The van der Waals surface area contributed by atoms with Gasteiger partial charge in [-0.15, -0.1) is 0 Å². The third kappa shape index (κ3) is 3.52. The highest BCUT2D eigenvalue weighted by Gasteiger charge is 2.30. The number of aliphatic imine (C=N–C) groups is 1. The number of aliphatic hydroxyl groups excluding tert-OH is 2. The van der Waals surface area contributed by atoms with Crippen molar-refractivity contribution in [3.8, 4) is 0 Å². The third-order valence-corrected chi connectivity index (χ3v) is 3.71. The van der Waals surface area contributed by atoms with Gasteiger partial charge in [0.1, 0.15) is 0 Å². The van der Waals surface area contributed by atoms with E-state index < -0.39 is 6.10 Å². The van der Waals surface area contributed by atoms with Gasteiger partial charge in [0.05, 0.1) is 12.7 Å². The van der Waals surface area contributed by atoms with Crippen molar-refractivity contribution < 1.29 is 10.2 Å². The van der Waals surface area contributed by atoms with Crippen LogP contribution in [0.1, 0.15) is 24.8 Å². The van der Waals surface area contributed by atoms with E-state index in [4.69, 9.17) is 0 Å². The van der Waals surface area contributed by atoms with Crippen LogP contribution in [0.2, 0.25) is 0 Å². The van der Waals surface area contributed by atoms with Crippen molar-refractivity contribution in [2.75, 3.05) is 13.2 Å². The van der Waals surface area contributed by atoms with Crippen molar-refractivity contribution in [1.29, 1.82) is 0 Å². The molecule has 2 rings (SSSR count). The molecule has 0 saturated carbocycles. The molecule has 0 amide bonds. The van der Waals surface area contributed by atoms with Crippen LogP contribution in [0.3, 0.4) is 0 Å². The van der Waals surface area contributed by atoms with Gasteiger partial charge >= 0.3 is 0 Å². The number of rotatable bonds is 5. The van der Waals surface area contributed by atoms with E-state index in [0.29, 0.717) is 13.0 Å². The van der Waals surface area contributed by atoms with Gasteiger partial charge < -0.3 is 10.2 Å². The molecule has 19 heavy (non-hydrogen) atoms. The monoisotopic (exact) mass is 259 g/mol. The summed E-state index contributed by atoms with van der Waals surface area (Å²) in [4.78, 5) is 4.26. The standard InChI is InChI=1S/C16H21NO2/c1-16(8-5-9-17-12-16)10-15(19)14(11-18)13-6-3-2-4-7-13/h2-9,14-15,18-19H,10-12H2,1H3. The van der Waals surface area contributed by atoms with Crippen molar-refractivity contribution in [3.05, 3.63) is 48.0 Å². The van der Waals surface area contributed by atoms with E-state index in [0.717, 1.165) is 5.56 Å². The van der Waals surface area contributed by atoms with Crippen LogP contribution in [0.5, 0.6) is 0 Å². The lowest BCUT2D eigenvalue weighted by atomic mass is 9.78. The largest absolute Gasteiger partial charge is 0.396 e. The minimum atomic E-state index is -0.574. The highest BCUT2D eigenvalue weighted by Crippen LogP contribution is 2.32. The summed E-state index contributed by atoms with van der Waals surface area (Å²) >= 11 is 0. The number of dihydropyridines is 1. The normalized spacial score (nSPS) is 25.2. The van der Waals surface area contributed by atoms with Gasteiger partial charge in [0, 0.05) is 24.1 Å². The number of nitrogens with zero attached hydrogens (tertiary/aromatic N) is 1. The molecule has 1 aliphatic heterocycles. The molecule has 0 fully saturated rings. The van der Waals surface area contributed by atoms with Gasteiger partial charge in [-0.3, -0.25) is 4.99 Å². The lowest BCUT2D eigenvalue weighted by molar-refractivity contribution is 0.0744. The molecular weight excluding hydrogens is 238 g/mol. The molecule has 0 radical (unpaired) electrons. The molecule has 1 aromatic rings. The summed E-state index contributed by atoms with van der Waals surface area (Å²) < 4.78 is 0. The summed E-state index contributed by atoms with van der Waals surface area (Å²) in [5.74, 6) is -0.239. The van der Waals surface area contributed by atoms with E-state index in [1.54, 1.807) is 6.21 Å². The zero-order chi connectivity index (χ0) is 13.7. The topological polar surface area (TPSA) is 52.8 Å². The van der Waals surface area contributed by atoms with Gasteiger partial charge in [-0.2, -0.15) is 0 Å². The van der Waals surface area contributed by atoms with Crippen LogP contribution in [0.15, 0.2) is 47.5 Å². The summed E-state index contributed by atoms with van der Waals surface area (Å²) in [6, 6.07) is 9.68. The van der Waals surface area contributed by atoms with E-state index in [1.165, 1.54) is 0 Å². The highest BCUT2D eigenvalue weighted by atomic mass is 16.3. The molecule has 3 nitrogen and oxygen atoms in total. The molecule has 0 saturated heterocycles. The molecule has 3 unspecified atom stereocenters. The number of allylic oxidation sites excluding steroid dienone is 1. The van der Waals surface area contributed by atoms with Gasteiger partial charge in [0.2, 0.25) is 0 Å². The second-order valence-electron chi connectivity index (χ2n) is 5.47. The third-order valence-electron chi connectivity index (χ3n) is 3.71. The molecule has 1 aliphatic rings. The van der Waals surface area contributed by atoms with E-state index in [9.17, 15) is 10.2 Å². The van der Waals surface area contributed by atoms with Gasteiger partial charge in [-0.05, 0) is 18.1 Å². The smallest absolute Gasteiger partial charge is 0.0639 e. The van der Waals surface area contributed by atoms with Gasteiger partial charge in [-0.25, -0.2) is 0 Å². The summed E-state index contributed by atoms with van der Waals surface area (Å²) in [5, 5.41) is 20.0. The fourth-order valence-electron chi connectivity index (χ4n) is 2.55. The average molecular weight is 259 g/mol. The molecule has 0 aromatic heterocycles. The van der Waals surface area contributed by atoms with Gasteiger partial charge in [0.25, 0.3) is 0 Å². The Hall–Kier alpha value is -1.45. The van der Waals surface area contributed by atoms with E-state index >= 15 is 0 Å². The van der Waals surface area contributed by atoms with Crippen LogP contribution in [0, 0.1) is 5.41 Å². The molecule has 0 spiro atoms. The predicted molar refractivity (Wildman–Crippen MR) is 77.5 cm³/mol. The SMILES string of the molecule is CC1(CC(O)C(CO)c2ccccc2)C=CC=NC1. The van der Waals surface area contributed by atoms with Crippen LogP contribution in [0.25, 0.3) is 0 Å². The first-order valence-corrected chi connectivity index (χ1v) is 6.66. The van der Waals surface area contributed by atoms with Crippen molar-refractivity contribution in [3.63, 3.8) is 0 Å². The number of aliphatic hydroxyl groups is 2. The van der Waals surface area contributed by atoms with Crippen LogP contribution in [-0.4, -0.2) is 35.7 Å². The molecule has 0 aliphatic carbocycles. The minimum Gasteiger partial charge on any atom is -0.396 e. The van der Waals surface area contributed by atoms with Crippen LogP contribution < -0.4 is 0 Å². The summed E-state index contributed by atoms with van der Waals surface area (Å²) in [6.07, 6.45) is 5.82. The quantitative estimate of drug-likeness (QED) is 0.851. The van der Waals surface area contributed by atoms with Crippen LogP contribution in [0.4, 0.5) is 0 Å². The maximum absolute atomic E-state index is 10.4. The van der Waals surface area contributed by atoms with Gasteiger partial charge in [0.15, 0.2) is 0 Å². The molecular formula is C16H21NO2. The molecule has 3 atom stereocenters. The minimum absolute atomic E-state index is 0.0474. The molecule has 1 heterocycles. The lowest BCUT2D eigenvalue weighted by Gasteiger charge is -2.31. The molecule has 102 valence electrons. The Morgan fingerprint density at radius 2 is 2.05 bits per heavy atom. The first-order chi connectivity index (χ1) is 9.14. The Kier molecular flexibility index (Phi) is 4.51. The summed E-state index contributed by atoms with van der Waals surface area (Å²) in [5.41, 5.74) is 0.848. The van der Waals surface area contributed by atoms with Gasteiger partial charge in [-0.1, -0.05) is 43.3 Å². The Morgan fingerprint density at radius 1 is 1.32 bits per heavy atom. The summed E-state index contributed by atoms with van der Waals surface area (Å²) in [6.45, 7) is 2.73. The lowest BCUT2D eigenvalue weighted by Crippen LogP contribution is -2.31. The predicted octanol–water partition coefficient (Wildman–Crippen LogP) is 2.16. The van der Waals surface area contributed by atoms with E-state index in [-0.39, 0.29) is 17.9 Å². The second kappa shape index (κ2) is 6.13. The van der Waals surface area contributed by atoms with Crippen molar-refractivity contribution in [2.24, 2.45) is 10.4 Å². The van der Waals surface area contributed by atoms with Crippen molar-refractivity contribution >= 4 is 6.21 Å².